The van der Waals surface area contributed by atoms with E-state index in [2.05, 4.69) is 24.3 Å². The summed E-state index contributed by atoms with van der Waals surface area (Å²) in [5.41, 5.74) is 6.07. The molecule has 27 heavy (non-hydrogen) atoms. The summed E-state index contributed by atoms with van der Waals surface area (Å²) < 4.78 is 1.90. The van der Waals surface area contributed by atoms with Crippen LogP contribution >= 0.6 is 0 Å². The van der Waals surface area contributed by atoms with Crippen LogP contribution in [0.25, 0.3) is 10.9 Å². The molecule has 1 amide bonds. The first kappa shape index (κ1) is 17.7. The van der Waals surface area contributed by atoms with Gasteiger partial charge in [-0.1, -0.05) is 18.2 Å². The van der Waals surface area contributed by atoms with Gasteiger partial charge < -0.3 is 5.32 Å². The maximum atomic E-state index is 13.1. The van der Waals surface area contributed by atoms with Gasteiger partial charge in [-0.15, -0.1) is 0 Å². The molecule has 140 valence electrons. The van der Waals surface area contributed by atoms with Crippen molar-refractivity contribution in [3.8, 4) is 0 Å². The number of aromatic nitrogens is 3. The van der Waals surface area contributed by atoms with Crippen LogP contribution in [0.15, 0.2) is 30.3 Å². The predicted molar refractivity (Wildman–Crippen MR) is 107 cm³/mol. The number of benzene rings is 1. The van der Waals surface area contributed by atoms with E-state index >= 15 is 0 Å². The zero-order valence-electron chi connectivity index (χ0n) is 16.4. The van der Waals surface area contributed by atoms with Crippen LogP contribution in [0.1, 0.15) is 58.7 Å². The van der Waals surface area contributed by atoms with Crippen molar-refractivity contribution in [2.24, 2.45) is 7.05 Å². The van der Waals surface area contributed by atoms with Crippen LogP contribution in [-0.2, 0) is 13.5 Å². The topological polar surface area (TPSA) is 59.8 Å². The summed E-state index contributed by atoms with van der Waals surface area (Å²) in [5, 5.41) is 8.58. The Labute approximate surface area is 159 Å². The number of hydrogen-bond donors (Lipinski definition) is 1. The highest BCUT2D eigenvalue weighted by molar-refractivity contribution is 6.06. The third kappa shape index (κ3) is 3.46. The third-order valence-corrected chi connectivity index (χ3v) is 5.52. The van der Waals surface area contributed by atoms with Crippen LogP contribution in [0.2, 0.25) is 0 Å². The molecule has 2 heterocycles. The van der Waals surface area contributed by atoms with E-state index in [9.17, 15) is 4.79 Å². The van der Waals surface area contributed by atoms with Gasteiger partial charge in [-0.3, -0.25) is 14.5 Å². The van der Waals surface area contributed by atoms with Gasteiger partial charge in [0.05, 0.1) is 16.8 Å². The first-order valence-corrected chi connectivity index (χ1v) is 9.63. The van der Waals surface area contributed by atoms with Crippen molar-refractivity contribution in [3.63, 3.8) is 0 Å². The molecule has 1 atom stereocenters. The van der Waals surface area contributed by atoms with Crippen molar-refractivity contribution in [3.05, 3.63) is 58.5 Å². The molecule has 1 aliphatic carbocycles. The summed E-state index contributed by atoms with van der Waals surface area (Å²) in [6, 6.07) is 9.92. The van der Waals surface area contributed by atoms with Crippen LogP contribution < -0.4 is 5.32 Å². The number of nitrogens with one attached hydrogen (secondary N) is 1. The second-order valence-electron chi connectivity index (χ2n) is 7.74. The molecule has 2 aromatic heterocycles. The lowest BCUT2D eigenvalue weighted by molar-refractivity contribution is 0.0941. The smallest absolute Gasteiger partial charge is 0.252 e. The molecule has 5 heteroatoms. The fourth-order valence-corrected chi connectivity index (χ4v) is 3.74. The van der Waals surface area contributed by atoms with Crippen LogP contribution in [0.4, 0.5) is 0 Å². The Morgan fingerprint density at radius 2 is 2.04 bits per heavy atom. The number of carbonyl (C=O) groups excluding carboxylic acids is 1. The van der Waals surface area contributed by atoms with Gasteiger partial charge in [-0.05, 0) is 57.7 Å². The molecule has 0 aliphatic heterocycles. The van der Waals surface area contributed by atoms with Gasteiger partial charge >= 0.3 is 0 Å². The summed E-state index contributed by atoms with van der Waals surface area (Å²) in [7, 11) is 1.96. The Morgan fingerprint density at radius 3 is 2.70 bits per heavy atom. The van der Waals surface area contributed by atoms with Gasteiger partial charge in [0.15, 0.2) is 0 Å². The lowest BCUT2D eigenvalue weighted by atomic mass is 10.0. The third-order valence-electron chi connectivity index (χ3n) is 5.52. The van der Waals surface area contributed by atoms with Crippen molar-refractivity contribution in [1.29, 1.82) is 0 Å². The second kappa shape index (κ2) is 6.80. The lowest BCUT2D eigenvalue weighted by Gasteiger charge is -2.16. The van der Waals surface area contributed by atoms with E-state index in [-0.39, 0.29) is 11.9 Å². The molecule has 0 bridgehead atoms. The molecular weight excluding hydrogens is 336 g/mol. The van der Waals surface area contributed by atoms with Gasteiger partial charge in [-0.2, -0.15) is 5.10 Å². The molecule has 1 saturated carbocycles. The molecule has 3 aromatic rings. The number of para-hydroxylation sites is 1. The van der Waals surface area contributed by atoms with Gasteiger partial charge in [0.25, 0.3) is 5.91 Å². The highest BCUT2D eigenvalue weighted by Crippen LogP contribution is 2.40. The second-order valence-corrected chi connectivity index (χ2v) is 7.74. The Bertz CT molecular complexity index is 1020. The summed E-state index contributed by atoms with van der Waals surface area (Å²) in [5.74, 6) is 0.487. The molecule has 5 nitrogen and oxygen atoms in total. The van der Waals surface area contributed by atoms with Crippen molar-refractivity contribution in [1.82, 2.24) is 20.1 Å². The number of pyridine rings is 1. The number of fused-ring (bicyclic) bond motifs is 1. The van der Waals surface area contributed by atoms with Gasteiger partial charge in [0.2, 0.25) is 0 Å². The number of rotatable bonds is 5. The minimum atomic E-state index is -0.0257. The van der Waals surface area contributed by atoms with E-state index in [1.165, 1.54) is 18.4 Å². The molecule has 0 spiro atoms. The maximum Gasteiger partial charge on any atom is 0.252 e. The number of aryl methyl sites for hydroxylation is 2. The van der Waals surface area contributed by atoms with Crippen molar-refractivity contribution in [2.45, 2.75) is 52.0 Å². The standard InChI is InChI=1S/C22H26N4O/c1-13(11-18-14(2)25-26(4)15(18)3)23-22(27)19-12-21(16-9-10-16)24-20-8-6-5-7-17(19)20/h5-8,12-13,16H,9-11H2,1-4H3,(H,23,27)/t13-/m0/s1. The number of nitrogens with zero attached hydrogens (tertiary/aromatic N) is 3. The highest BCUT2D eigenvalue weighted by atomic mass is 16.1. The summed E-state index contributed by atoms with van der Waals surface area (Å²) in [6.07, 6.45) is 3.11. The minimum absolute atomic E-state index is 0.0235. The van der Waals surface area contributed by atoms with E-state index in [0.717, 1.165) is 40.0 Å². The molecule has 1 aliphatic rings. The average Bonchev–Trinajstić information content (AvgIpc) is 3.46. The normalized spacial score (nSPS) is 15.1. The van der Waals surface area contributed by atoms with E-state index in [0.29, 0.717) is 5.92 Å². The van der Waals surface area contributed by atoms with Crippen LogP contribution in [-0.4, -0.2) is 26.7 Å². The molecule has 4 rings (SSSR count). The largest absolute Gasteiger partial charge is 0.349 e. The zero-order valence-corrected chi connectivity index (χ0v) is 16.4. The van der Waals surface area contributed by atoms with Crippen molar-refractivity contribution in [2.75, 3.05) is 0 Å². The lowest BCUT2D eigenvalue weighted by Crippen LogP contribution is -2.34. The summed E-state index contributed by atoms with van der Waals surface area (Å²) >= 11 is 0. The molecule has 0 saturated heterocycles. The average molecular weight is 362 g/mol. The monoisotopic (exact) mass is 362 g/mol. The number of hydrogen-bond acceptors (Lipinski definition) is 3. The Balaban J connectivity index is 1.59. The SMILES string of the molecule is Cc1nn(C)c(C)c1C[C@H](C)NC(=O)c1cc(C2CC2)nc2ccccc12. The van der Waals surface area contributed by atoms with Crippen molar-refractivity contribution >= 4 is 16.8 Å². The van der Waals surface area contributed by atoms with Crippen LogP contribution in [0, 0.1) is 13.8 Å². The first-order chi connectivity index (χ1) is 12.9. The quantitative estimate of drug-likeness (QED) is 0.750. The Morgan fingerprint density at radius 1 is 1.30 bits per heavy atom. The molecule has 1 aromatic carbocycles. The number of amides is 1. The Hall–Kier alpha value is -2.69. The fourth-order valence-electron chi connectivity index (χ4n) is 3.74. The van der Waals surface area contributed by atoms with Crippen LogP contribution in [0.5, 0.6) is 0 Å². The molecule has 0 unspecified atom stereocenters. The van der Waals surface area contributed by atoms with Crippen molar-refractivity contribution < 1.29 is 4.79 Å². The maximum absolute atomic E-state index is 13.1. The summed E-state index contributed by atoms with van der Waals surface area (Å²) in [6.45, 7) is 6.15. The summed E-state index contributed by atoms with van der Waals surface area (Å²) in [4.78, 5) is 17.8. The first-order valence-electron chi connectivity index (χ1n) is 9.63. The highest BCUT2D eigenvalue weighted by Gasteiger charge is 2.27. The van der Waals surface area contributed by atoms with E-state index in [4.69, 9.17) is 4.98 Å². The van der Waals surface area contributed by atoms with E-state index in [1.807, 2.05) is 49.0 Å². The molecular formula is C22H26N4O. The fraction of sp³-hybridized carbons (Fsp3) is 0.409. The van der Waals surface area contributed by atoms with E-state index < -0.39 is 0 Å². The molecule has 1 fully saturated rings. The minimum Gasteiger partial charge on any atom is -0.349 e. The van der Waals surface area contributed by atoms with Gasteiger partial charge in [0.1, 0.15) is 0 Å². The van der Waals surface area contributed by atoms with Gasteiger partial charge in [-0.25, -0.2) is 0 Å². The van der Waals surface area contributed by atoms with Gasteiger partial charge in [0, 0.05) is 35.8 Å². The zero-order chi connectivity index (χ0) is 19.1. The predicted octanol–water partition coefficient (Wildman–Crippen LogP) is 3.82. The Kier molecular flexibility index (Phi) is 4.46. The molecule has 1 N–H and O–H groups in total. The van der Waals surface area contributed by atoms with Crippen LogP contribution in [0.3, 0.4) is 0 Å². The van der Waals surface area contributed by atoms with E-state index in [1.54, 1.807) is 0 Å². The molecule has 0 radical (unpaired) electrons. The number of carbonyl (C=O) groups is 1.